The van der Waals surface area contributed by atoms with Gasteiger partial charge in [-0.05, 0) is 37.1 Å². The van der Waals surface area contributed by atoms with E-state index in [2.05, 4.69) is 10.2 Å². The highest BCUT2D eigenvalue weighted by Crippen LogP contribution is 2.24. The van der Waals surface area contributed by atoms with Crippen LogP contribution in [0.15, 0.2) is 48.5 Å². The van der Waals surface area contributed by atoms with Crippen LogP contribution in [0.3, 0.4) is 0 Å². The van der Waals surface area contributed by atoms with Crippen LogP contribution in [0.4, 0.5) is 14.5 Å². The fourth-order valence-electron chi connectivity index (χ4n) is 3.02. The number of carbonyl (C=O) groups is 1. The summed E-state index contributed by atoms with van der Waals surface area (Å²) in [5.41, 5.74) is 0.582. The van der Waals surface area contributed by atoms with E-state index in [1.807, 2.05) is 30.3 Å². The van der Waals surface area contributed by atoms with Crippen molar-refractivity contribution in [1.29, 1.82) is 0 Å². The second kappa shape index (κ2) is 6.77. The van der Waals surface area contributed by atoms with E-state index in [1.54, 1.807) is 0 Å². The number of para-hydroxylation sites is 1. The van der Waals surface area contributed by atoms with Crippen LogP contribution in [0.25, 0.3) is 0 Å². The lowest BCUT2D eigenvalue weighted by Gasteiger charge is -2.27. The molecule has 1 heterocycles. The van der Waals surface area contributed by atoms with E-state index in [9.17, 15) is 13.6 Å². The second-order valence-corrected chi connectivity index (χ2v) is 5.63. The Kier molecular flexibility index (Phi) is 4.55. The lowest BCUT2D eigenvalue weighted by Crippen LogP contribution is -2.40. The molecule has 1 N–H and O–H groups in total. The molecular formula is C18H18F2N2O. The standard InChI is InChI=1S/C18H18F2N2O/c19-15-9-4-10-16(20)17(15)18(23)21-12-14-8-5-11-22(14)13-6-2-1-3-7-13/h1-4,6-7,9-10,14H,5,8,11-12H2,(H,21,23)/t14-/m1/s1. The molecule has 3 nitrogen and oxygen atoms in total. The Balaban J connectivity index is 1.67. The average molecular weight is 316 g/mol. The molecule has 0 bridgehead atoms. The number of nitrogens with zero attached hydrogens (tertiary/aromatic N) is 1. The zero-order valence-electron chi connectivity index (χ0n) is 12.6. The Hall–Kier alpha value is -2.43. The maximum Gasteiger partial charge on any atom is 0.257 e. The van der Waals surface area contributed by atoms with E-state index in [1.165, 1.54) is 6.07 Å². The maximum atomic E-state index is 13.6. The van der Waals surface area contributed by atoms with Crippen LogP contribution < -0.4 is 10.2 Å². The minimum absolute atomic E-state index is 0.135. The fourth-order valence-corrected chi connectivity index (χ4v) is 3.02. The van der Waals surface area contributed by atoms with Crippen LogP contribution in [-0.4, -0.2) is 25.0 Å². The molecule has 2 aromatic carbocycles. The number of hydrogen-bond acceptors (Lipinski definition) is 2. The lowest BCUT2D eigenvalue weighted by atomic mass is 10.1. The van der Waals surface area contributed by atoms with Gasteiger partial charge in [0.25, 0.3) is 5.91 Å². The van der Waals surface area contributed by atoms with E-state index in [-0.39, 0.29) is 6.04 Å². The van der Waals surface area contributed by atoms with Crippen molar-refractivity contribution in [2.45, 2.75) is 18.9 Å². The molecule has 1 atom stereocenters. The number of carbonyl (C=O) groups excluding carboxylic acids is 1. The third-order valence-corrected chi connectivity index (χ3v) is 4.15. The Morgan fingerprint density at radius 1 is 1.09 bits per heavy atom. The molecule has 2 aromatic rings. The van der Waals surface area contributed by atoms with Crippen molar-refractivity contribution in [1.82, 2.24) is 5.32 Å². The number of nitrogens with one attached hydrogen (secondary N) is 1. The number of amides is 1. The Labute approximate surface area is 133 Å². The van der Waals surface area contributed by atoms with E-state index in [0.717, 1.165) is 37.2 Å². The van der Waals surface area contributed by atoms with Crippen molar-refractivity contribution in [2.75, 3.05) is 18.0 Å². The van der Waals surface area contributed by atoms with Crippen molar-refractivity contribution >= 4 is 11.6 Å². The van der Waals surface area contributed by atoms with Crippen LogP contribution >= 0.6 is 0 Å². The smallest absolute Gasteiger partial charge is 0.257 e. The third kappa shape index (κ3) is 3.33. The zero-order valence-corrected chi connectivity index (χ0v) is 12.6. The molecule has 1 fully saturated rings. The van der Waals surface area contributed by atoms with Gasteiger partial charge in [0.15, 0.2) is 0 Å². The molecule has 0 aromatic heterocycles. The summed E-state index contributed by atoms with van der Waals surface area (Å²) in [6.45, 7) is 1.28. The highest BCUT2D eigenvalue weighted by Gasteiger charge is 2.26. The Bertz CT molecular complexity index is 670. The molecule has 0 spiro atoms. The second-order valence-electron chi connectivity index (χ2n) is 5.63. The highest BCUT2D eigenvalue weighted by atomic mass is 19.1. The van der Waals surface area contributed by atoms with Crippen LogP contribution in [0.5, 0.6) is 0 Å². The van der Waals surface area contributed by atoms with Gasteiger partial charge in [-0.25, -0.2) is 8.78 Å². The van der Waals surface area contributed by atoms with Crippen LogP contribution in [0, 0.1) is 11.6 Å². The first-order valence-corrected chi connectivity index (χ1v) is 7.70. The minimum atomic E-state index is -0.839. The number of anilines is 1. The third-order valence-electron chi connectivity index (χ3n) is 4.15. The molecule has 1 aliphatic heterocycles. The predicted molar refractivity (Wildman–Crippen MR) is 85.5 cm³/mol. The first kappa shape index (κ1) is 15.5. The van der Waals surface area contributed by atoms with Crippen LogP contribution in [0.2, 0.25) is 0 Å². The van der Waals surface area contributed by atoms with Crippen molar-refractivity contribution in [2.24, 2.45) is 0 Å². The van der Waals surface area contributed by atoms with E-state index >= 15 is 0 Å². The Morgan fingerprint density at radius 3 is 2.48 bits per heavy atom. The highest BCUT2D eigenvalue weighted by molar-refractivity contribution is 5.94. The summed E-state index contributed by atoms with van der Waals surface area (Å²) in [5.74, 6) is -2.39. The van der Waals surface area contributed by atoms with Crippen molar-refractivity contribution < 1.29 is 13.6 Å². The summed E-state index contributed by atoms with van der Waals surface area (Å²) >= 11 is 0. The lowest BCUT2D eigenvalue weighted by molar-refractivity contribution is 0.0943. The first-order chi connectivity index (χ1) is 11.2. The van der Waals surface area contributed by atoms with Crippen molar-refractivity contribution in [3.8, 4) is 0 Å². The average Bonchev–Trinajstić information content (AvgIpc) is 3.02. The monoisotopic (exact) mass is 316 g/mol. The summed E-state index contributed by atoms with van der Waals surface area (Å²) < 4.78 is 27.3. The summed E-state index contributed by atoms with van der Waals surface area (Å²) in [5, 5.41) is 2.66. The number of halogens is 2. The van der Waals surface area contributed by atoms with Gasteiger partial charge in [0.2, 0.25) is 0 Å². The van der Waals surface area contributed by atoms with Gasteiger partial charge in [0.1, 0.15) is 17.2 Å². The Morgan fingerprint density at radius 2 is 1.78 bits per heavy atom. The molecule has 120 valence electrons. The van der Waals surface area contributed by atoms with Crippen molar-refractivity contribution in [3.05, 3.63) is 65.7 Å². The summed E-state index contributed by atoms with van der Waals surface area (Å²) in [6, 6.07) is 13.5. The van der Waals surface area contributed by atoms with Crippen molar-refractivity contribution in [3.63, 3.8) is 0 Å². The summed E-state index contributed by atoms with van der Waals surface area (Å²) in [7, 11) is 0. The molecule has 23 heavy (non-hydrogen) atoms. The molecule has 5 heteroatoms. The quantitative estimate of drug-likeness (QED) is 0.938. The summed E-state index contributed by atoms with van der Waals surface area (Å²) in [4.78, 5) is 14.3. The largest absolute Gasteiger partial charge is 0.367 e. The number of benzene rings is 2. The molecule has 3 rings (SSSR count). The van der Waals surface area contributed by atoms with Gasteiger partial charge in [-0.15, -0.1) is 0 Å². The normalized spacial score (nSPS) is 17.3. The predicted octanol–water partition coefficient (Wildman–Crippen LogP) is 3.36. The van der Waals surface area contributed by atoms with Gasteiger partial charge in [0, 0.05) is 24.8 Å². The number of rotatable bonds is 4. The van der Waals surface area contributed by atoms with Gasteiger partial charge in [-0.1, -0.05) is 24.3 Å². The number of hydrogen-bond donors (Lipinski definition) is 1. The van der Waals surface area contributed by atoms with E-state index in [4.69, 9.17) is 0 Å². The molecule has 0 unspecified atom stereocenters. The molecule has 0 radical (unpaired) electrons. The van der Waals surface area contributed by atoms with Gasteiger partial charge < -0.3 is 10.2 Å². The maximum absolute atomic E-state index is 13.6. The summed E-state index contributed by atoms with van der Waals surface area (Å²) in [6.07, 6.45) is 1.97. The van der Waals surface area contributed by atoms with Gasteiger partial charge in [-0.2, -0.15) is 0 Å². The van der Waals surface area contributed by atoms with E-state index in [0.29, 0.717) is 6.54 Å². The van der Waals surface area contributed by atoms with Crippen LogP contribution in [-0.2, 0) is 0 Å². The van der Waals surface area contributed by atoms with Gasteiger partial charge >= 0.3 is 0 Å². The van der Waals surface area contributed by atoms with Crippen LogP contribution in [0.1, 0.15) is 23.2 Å². The van der Waals surface area contributed by atoms with E-state index < -0.39 is 23.1 Å². The molecule has 1 amide bonds. The topological polar surface area (TPSA) is 32.3 Å². The molecule has 1 saturated heterocycles. The molecule has 0 saturated carbocycles. The zero-order chi connectivity index (χ0) is 16.2. The van der Waals surface area contributed by atoms with Gasteiger partial charge in [-0.3, -0.25) is 4.79 Å². The fraction of sp³-hybridized carbons (Fsp3) is 0.278. The molecule has 0 aliphatic carbocycles. The first-order valence-electron chi connectivity index (χ1n) is 7.70. The van der Waals surface area contributed by atoms with Gasteiger partial charge in [0.05, 0.1) is 0 Å². The molecule has 1 aliphatic rings. The molecular weight excluding hydrogens is 298 g/mol. The minimum Gasteiger partial charge on any atom is -0.367 e. The SMILES string of the molecule is O=C(NC[C@H]1CCCN1c1ccccc1)c1c(F)cccc1F.